The van der Waals surface area contributed by atoms with Crippen LogP contribution in [0.5, 0.6) is 0 Å². The Labute approximate surface area is 55.7 Å². The number of carbonyl (C=O) groups excluding carboxylic acids is 1. The Morgan fingerprint density at radius 1 is 1.71 bits per heavy atom. The molecule has 0 N–H and O–H groups in total. The summed E-state index contributed by atoms with van der Waals surface area (Å²) in [7, 11) is 0. The van der Waals surface area contributed by atoms with Crippen molar-refractivity contribution in [2.45, 2.75) is 13.3 Å². The molecule has 0 bridgehead atoms. The molecule has 0 atom stereocenters. The summed E-state index contributed by atoms with van der Waals surface area (Å²) in [5.74, 6) is 0.144. The second kappa shape index (κ2) is 9.49. The van der Waals surface area contributed by atoms with Crippen molar-refractivity contribution in [1.29, 1.82) is 0 Å². The molecule has 0 fully saturated rings. The molecule has 0 aromatic heterocycles. The third kappa shape index (κ3) is 22.7. The summed E-state index contributed by atoms with van der Waals surface area (Å²) in [5.41, 5.74) is 0. The third-order valence-electron chi connectivity index (χ3n) is 0.352. The van der Waals surface area contributed by atoms with Gasteiger partial charge in [0.25, 0.3) is 0 Å². The molecule has 1 nitrogen and oxygen atoms in total. The van der Waals surface area contributed by atoms with Gasteiger partial charge in [0, 0.05) is 0 Å². The van der Waals surface area contributed by atoms with Crippen molar-refractivity contribution in [3.63, 3.8) is 0 Å². The second-order valence-electron chi connectivity index (χ2n) is 0.952. The van der Waals surface area contributed by atoms with Gasteiger partial charge in [0.05, 0.1) is 5.78 Å². The molecule has 0 unspecified atom stereocenters. The summed E-state index contributed by atoms with van der Waals surface area (Å²) in [5, 5.41) is 0. The first kappa shape index (κ1) is 15.7. The van der Waals surface area contributed by atoms with Crippen LogP contribution in [0.2, 0.25) is 0 Å². The zero-order valence-electron chi connectivity index (χ0n) is 4.66. The number of hydrogen-bond acceptors (Lipinski definition) is 1. The Hall–Kier alpha value is 0.176. The van der Waals surface area contributed by atoms with Gasteiger partial charge in [-0.1, -0.05) is 0 Å². The number of Topliss-reactive ketones (excluding diaryl/α,β-unsaturated/α-hetero) is 1. The Kier molecular flexibility index (Phi) is 21.3. The van der Waals surface area contributed by atoms with Crippen molar-refractivity contribution >= 4 is 5.78 Å². The fraction of sp³-hybridized carbons (Fsp3) is 0.400. The summed E-state index contributed by atoms with van der Waals surface area (Å²) >= 11 is 0. The van der Waals surface area contributed by atoms with Crippen LogP contribution in [-0.4, -0.2) is 5.78 Å². The first-order valence-electron chi connectivity index (χ1n) is 1.56. The Morgan fingerprint density at radius 3 is 1.86 bits per heavy atom. The van der Waals surface area contributed by atoms with Gasteiger partial charge in [0.1, 0.15) is 0 Å². The van der Waals surface area contributed by atoms with Crippen molar-refractivity contribution in [1.82, 2.24) is 0 Å². The number of hydrogen-bond donors (Lipinski definition) is 0. The van der Waals surface area contributed by atoms with E-state index in [1.807, 2.05) is 0 Å². The normalized spacial score (nSPS) is 5.43. The van der Waals surface area contributed by atoms with Crippen LogP contribution >= 0.6 is 0 Å². The van der Waals surface area contributed by atoms with E-state index in [4.69, 9.17) is 0 Å². The van der Waals surface area contributed by atoms with Crippen molar-refractivity contribution < 1.29 is 21.6 Å². The van der Waals surface area contributed by atoms with Crippen molar-refractivity contribution in [3.8, 4) is 0 Å². The molecule has 0 aliphatic carbocycles. The quantitative estimate of drug-likeness (QED) is 0.507. The molecule has 0 rings (SSSR count). The SMILES string of the molecule is [CH2-]CC(C)=O.[CH3-].[Co+2]. The van der Waals surface area contributed by atoms with Crippen LogP contribution in [0.1, 0.15) is 13.3 Å². The number of rotatable bonds is 1. The van der Waals surface area contributed by atoms with Gasteiger partial charge in [0.2, 0.25) is 0 Å². The molecule has 0 heterocycles. The van der Waals surface area contributed by atoms with Crippen molar-refractivity contribution in [2.24, 2.45) is 0 Å². The molecule has 1 radical (unpaired) electrons. The van der Waals surface area contributed by atoms with Crippen LogP contribution < -0.4 is 0 Å². The van der Waals surface area contributed by atoms with Gasteiger partial charge in [-0.2, -0.15) is 0 Å². The molecule has 0 saturated carbocycles. The maximum absolute atomic E-state index is 9.75. The molecular formula is C5H10CoO. The molecule has 0 amide bonds. The zero-order valence-corrected chi connectivity index (χ0v) is 5.70. The monoisotopic (exact) mass is 145 g/mol. The summed E-state index contributed by atoms with van der Waals surface area (Å²) in [4.78, 5) is 9.75. The minimum absolute atomic E-state index is 0. The third-order valence-corrected chi connectivity index (χ3v) is 0.352. The molecule has 0 spiro atoms. The summed E-state index contributed by atoms with van der Waals surface area (Å²) in [6.07, 6.45) is 0.417. The fourth-order valence-electron chi connectivity index (χ4n) is 0. The van der Waals surface area contributed by atoms with Crippen LogP contribution in [0.4, 0.5) is 0 Å². The van der Waals surface area contributed by atoms with Crippen LogP contribution in [0.3, 0.4) is 0 Å². The van der Waals surface area contributed by atoms with Gasteiger partial charge in [-0.25, -0.2) is 0 Å². The first-order valence-corrected chi connectivity index (χ1v) is 1.56. The zero-order chi connectivity index (χ0) is 4.28. The standard InChI is InChI=1S/C4H7O.CH3.Co/c1-3-4(2)5;;/h1,3H2,2H3;1H3;/q2*-1;+2. The topological polar surface area (TPSA) is 17.1 Å². The maximum Gasteiger partial charge on any atom is 2.00 e. The van der Waals surface area contributed by atoms with Gasteiger partial charge >= 0.3 is 16.8 Å². The number of ketones is 1. The Bertz CT molecular complexity index is 43.3. The molecule has 0 saturated heterocycles. The maximum atomic E-state index is 9.75. The predicted molar refractivity (Wildman–Crippen MR) is 27.1 cm³/mol. The molecule has 0 aliphatic heterocycles. The minimum atomic E-state index is 0. The fourth-order valence-corrected chi connectivity index (χ4v) is 0. The van der Waals surface area contributed by atoms with Gasteiger partial charge in [-0.05, 0) is 6.92 Å². The summed E-state index contributed by atoms with van der Waals surface area (Å²) in [6, 6.07) is 0. The van der Waals surface area contributed by atoms with E-state index < -0.39 is 0 Å². The van der Waals surface area contributed by atoms with Crippen LogP contribution in [0.25, 0.3) is 0 Å². The second-order valence-corrected chi connectivity index (χ2v) is 0.952. The van der Waals surface area contributed by atoms with E-state index in [9.17, 15) is 4.79 Å². The number of carbonyl (C=O) groups is 1. The Morgan fingerprint density at radius 2 is 1.86 bits per heavy atom. The predicted octanol–water partition coefficient (Wildman–Crippen LogP) is 1.25. The molecule has 7 heavy (non-hydrogen) atoms. The molecular weight excluding hydrogens is 135 g/mol. The van der Waals surface area contributed by atoms with Crippen LogP contribution in [0.15, 0.2) is 0 Å². The van der Waals surface area contributed by atoms with E-state index in [2.05, 4.69) is 6.92 Å². The van der Waals surface area contributed by atoms with E-state index in [0.29, 0.717) is 6.42 Å². The molecule has 0 aliphatic rings. The van der Waals surface area contributed by atoms with Gasteiger partial charge in [0.15, 0.2) is 0 Å². The average molecular weight is 145 g/mol. The average Bonchev–Trinajstić information content (AvgIpc) is 1.38. The van der Waals surface area contributed by atoms with E-state index >= 15 is 0 Å². The van der Waals surface area contributed by atoms with Crippen LogP contribution in [-0.2, 0) is 21.6 Å². The smallest absolute Gasteiger partial charge is 0.358 e. The van der Waals surface area contributed by atoms with Gasteiger partial charge < -0.3 is 19.1 Å². The van der Waals surface area contributed by atoms with Crippen LogP contribution in [0, 0.1) is 14.4 Å². The Balaban J connectivity index is -0.0000000800. The van der Waals surface area contributed by atoms with E-state index in [1.54, 1.807) is 0 Å². The van der Waals surface area contributed by atoms with E-state index in [-0.39, 0.29) is 30.0 Å². The van der Waals surface area contributed by atoms with Gasteiger partial charge in [-0.3, -0.25) is 0 Å². The molecule has 45 valence electrons. The van der Waals surface area contributed by atoms with E-state index in [0.717, 1.165) is 0 Å². The van der Waals surface area contributed by atoms with Crippen molar-refractivity contribution in [3.05, 3.63) is 14.4 Å². The van der Waals surface area contributed by atoms with E-state index in [1.165, 1.54) is 6.92 Å². The summed E-state index contributed by atoms with van der Waals surface area (Å²) < 4.78 is 0. The largest absolute Gasteiger partial charge is 2.00 e. The molecule has 0 aromatic rings. The molecule has 2 heteroatoms. The summed E-state index contributed by atoms with van der Waals surface area (Å²) in [6.45, 7) is 4.86. The molecule has 0 aromatic carbocycles. The van der Waals surface area contributed by atoms with Gasteiger partial charge in [-0.15, -0.1) is 6.42 Å². The first-order chi connectivity index (χ1) is 2.27. The minimum Gasteiger partial charge on any atom is -0.358 e. The van der Waals surface area contributed by atoms with Crippen molar-refractivity contribution in [2.75, 3.05) is 0 Å².